The highest BCUT2D eigenvalue weighted by molar-refractivity contribution is 5.26. The van der Waals surface area contributed by atoms with Crippen molar-refractivity contribution < 1.29 is 0 Å². The van der Waals surface area contributed by atoms with Gasteiger partial charge in [-0.2, -0.15) is 0 Å². The zero-order valence-electron chi connectivity index (χ0n) is 11.0. The van der Waals surface area contributed by atoms with Crippen LogP contribution < -0.4 is 5.32 Å². The molecule has 0 unspecified atom stereocenters. The number of benzene rings is 1. The minimum absolute atomic E-state index is 0.755. The van der Waals surface area contributed by atoms with Crippen LogP contribution in [0.5, 0.6) is 0 Å². The summed E-state index contributed by atoms with van der Waals surface area (Å²) >= 11 is 0. The molecular weight excluding hydrogens is 222 g/mol. The Balaban J connectivity index is 1.90. The van der Waals surface area contributed by atoms with E-state index in [1.54, 1.807) is 6.20 Å². The predicted molar refractivity (Wildman–Crippen MR) is 73.1 cm³/mol. The van der Waals surface area contributed by atoms with Crippen LogP contribution in [0, 0.1) is 6.92 Å². The van der Waals surface area contributed by atoms with Crippen LogP contribution in [-0.2, 0) is 19.5 Å². The minimum Gasteiger partial charge on any atom is -0.307 e. The van der Waals surface area contributed by atoms with E-state index in [-0.39, 0.29) is 0 Å². The molecule has 0 aliphatic rings. The number of nitrogens with zero attached hydrogens (tertiary/aromatic N) is 2. The number of nitrogens with one attached hydrogen (secondary N) is 1. The van der Waals surface area contributed by atoms with Crippen LogP contribution in [0.4, 0.5) is 0 Å². The number of aromatic nitrogens is 2. The first-order valence-corrected chi connectivity index (χ1v) is 6.34. The highest BCUT2D eigenvalue weighted by Crippen LogP contribution is 2.09. The van der Waals surface area contributed by atoms with E-state index < -0.39 is 0 Å². The summed E-state index contributed by atoms with van der Waals surface area (Å²) in [6.45, 7) is 5.76. The van der Waals surface area contributed by atoms with Crippen molar-refractivity contribution in [2.75, 3.05) is 0 Å². The summed E-state index contributed by atoms with van der Waals surface area (Å²) in [6, 6.07) is 8.53. The fraction of sp³-hybridized carbons (Fsp3) is 0.333. The van der Waals surface area contributed by atoms with Crippen LogP contribution in [-0.4, -0.2) is 9.97 Å². The van der Waals surface area contributed by atoms with Gasteiger partial charge < -0.3 is 5.32 Å². The third kappa shape index (κ3) is 3.37. The summed E-state index contributed by atoms with van der Waals surface area (Å²) in [4.78, 5) is 8.56. The van der Waals surface area contributed by atoms with Crippen LogP contribution in [0.3, 0.4) is 0 Å². The number of rotatable bonds is 5. The second-order valence-corrected chi connectivity index (χ2v) is 4.37. The van der Waals surface area contributed by atoms with Gasteiger partial charge in [-0.25, -0.2) is 0 Å². The molecule has 1 heterocycles. The molecule has 1 aromatic carbocycles. The average molecular weight is 241 g/mol. The lowest BCUT2D eigenvalue weighted by Crippen LogP contribution is -2.15. The molecule has 0 aliphatic heterocycles. The SMILES string of the molecule is CCc1ccccc1CNCc1cnc(C)cn1. The molecule has 3 heteroatoms. The first kappa shape index (κ1) is 12.7. The number of aryl methyl sites for hydroxylation is 2. The van der Waals surface area contributed by atoms with Gasteiger partial charge in [-0.15, -0.1) is 0 Å². The molecule has 0 aliphatic carbocycles. The van der Waals surface area contributed by atoms with E-state index in [1.807, 2.05) is 13.1 Å². The highest BCUT2D eigenvalue weighted by Gasteiger charge is 2.00. The Bertz CT molecular complexity index is 491. The van der Waals surface area contributed by atoms with E-state index in [0.717, 1.165) is 30.9 Å². The molecule has 1 aromatic heterocycles. The third-order valence-corrected chi connectivity index (χ3v) is 2.96. The normalized spacial score (nSPS) is 10.6. The molecule has 0 spiro atoms. The molecule has 0 amide bonds. The lowest BCUT2D eigenvalue weighted by atomic mass is 10.1. The van der Waals surface area contributed by atoms with Crippen molar-refractivity contribution in [1.82, 2.24) is 15.3 Å². The van der Waals surface area contributed by atoms with Crippen molar-refractivity contribution in [3.8, 4) is 0 Å². The number of hydrogen-bond acceptors (Lipinski definition) is 3. The second-order valence-electron chi connectivity index (χ2n) is 4.37. The molecule has 0 saturated heterocycles. The molecule has 0 radical (unpaired) electrons. The molecule has 94 valence electrons. The second kappa shape index (κ2) is 6.26. The van der Waals surface area contributed by atoms with Gasteiger partial charge in [0, 0.05) is 25.5 Å². The Morgan fingerprint density at radius 1 is 1.00 bits per heavy atom. The lowest BCUT2D eigenvalue weighted by molar-refractivity contribution is 0.671. The maximum atomic E-state index is 4.33. The average Bonchev–Trinajstić information content (AvgIpc) is 2.41. The van der Waals surface area contributed by atoms with Crippen molar-refractivity contribution in [1.29, 1.82) is 0 Å². The Kier molecular flexibility index (Phi) is 4.42. The standard InChI is InChI=1S/C15H19N3/c1-3-13-6-4-5-7-14(13)9-16-10-15-11-17-12(2)8-18-15/h4-8,11,16H,3,9-10H2,1-2H3. The molecule has 0 atom stereocenters. The minimum atomic E-state index is 0.755. The van der Waals surface area contributed by atoms with Gasteiger partial charge in [0.25, 0.3) is 0 Å². The lowest BCUT2D eigenvalue weighted by Gasteiger charge is -2.08. The highest BCUT2D eigenvalue weighted by atomic mass is 14.9. The van der Waals surface area contributed by atoms with Crippen LogP contribution in [0.15, 0.2) is 36.7 Å². The van der Waals surface area contributed by atoms with E-state index >= 15 is 0 Å². The molecule has 2 rings (SSSR count). The van der Waals surface area contributed by atoms with Crippen molar-refractivity contribution in [3.63, 3.8) is 0 Å². The zero-order chi connectivity index (χ0) is 12.8. The van der Waals surface area contributed by atoms with Crippen LogP contribution in [0.25, 0.3) is 0 Å². The molecule has 0 saturated carbocycles. The van der Waals surface area contributed by atoms with E-state index in [4.69, 9.17) is 0 Å². The third-order valence-electron chi connectivity index (χ3n) is 2.96. The molecule has 0 bridgehead atoms. The summed E-state index contributed by atoms with van der Waals surface area (Å²) in [5, 5.41) is 3.41. The quantitative estimate of drug-likeness (QED) is 0.874. The summed E-state index contributed by atoms with van der Waals surface area (Å²) in [6.07, 6.45) is 4.70. The Morgan fingerprint density at radius 3 is 2.44 bits per heavy atom. The van der Waals surface area contributed by atoms with Crippen LogP contribution in [0.2, 0.25) is 0 Å². The van der Waals surface area contributed by atoms with Gasteiger partial charge in [-0.1, -0.05) is 31.2 Å². The molecular formula is C15H19N3. The number of hydrogen-bond donors (Lipinski definition) is 1. The van der Waals surface area contributed by atoms with Crippen molar-refractivity contribution in [3.05, 3.63) is 59.2 Å². The van der Waals surface area contributed by atoms with Gasteiger partial charge in [0.1, 0.15) is 0 Å². The predicted octanol–water partition coefficient (Wildman–Crippen LogP) is 2.64. The molecule has 18 heavy (non-hydrogen) atoms. The zero-order valence-corrected chi connectivity index (χ0v) is 11.0. The Morgan fingerprint density at radius 2 is 1.78 bits per heavy atom. The molecule has 0 fully saturated rings. The van der Waals surface area contributed by atoms with Gasteiger partial charge in [-0.3, -0.25) is 9.97 Å². The summed E-state index contributed by atoms with van der Waals surface area (Å²) < 4.78 is 0. The smallest absolute Gasteiger partial charge is 0.0724 e. The fourth-order valence-electron chi connectivity index (χ4n) is 1.91. The summed E-state index contributed by atoms with van der Waals surface area (Å²) in [5.74, 6) is 0. The summed E-state index contributed by atoms with van der Waals surface area (Å²) in [7, 11) is 0. The van der Waals surface area contributed by atoms with Gasteiger partial charge in [0.05, 0.1) is 11.4 Å². The summed E-state index contributed by atoms with van der Waals surface area (Å²) in [5.41, 5.74) is 4.70. The van der Waals surface area contributed by atoms with Crippen molar-refractivity contribution in [2.24, 2.45) is 0 Å². The largest absolute Gasteiger partial charge is 0.307 e. The fourth-order valence-corrected chi connectivity index (χ4v) is 1.91. The van der Waals surface area contributed by atoms with E-state index in [2.05, 4.69) is 46.5 Å². The maximum Gasteiger partial charge on any atom is 0.0724 e. The van der Waals surface area contributed by atoms with Gasteiger partial charge in [-0.05, 0) is 24.5 Å². The molecule has 1 N–H and O–H groups in total. The monoisotopic (exact) mass is 241 g/mol. The maximum absolute atomic E-state index is 4.33. The van der Waals surface area contributed by atoms with Crippen molar-refractivity contribution in [2.45, 2.75) is 33.4 Å². The topological polar surface area (TPSA) is 37.8 Å². The van der Waals surface area contributed by atoms with Crippen molar-refractivity contribution >= 4 is 0 Å². The van der Waals surface area contributed by atoms with Gasteiger partial charge >= 0.3 is 0 Å². The Labute approximate surface area is 108 Å². The molecule has 2 aromatic rings. The van der Waals surface area contributed by atoms with Crippen LogP contribution >= 0.6 is 0 Å². The van der Waals surface area contributed by atoms with E-state index in [0.29, 0.717) is 0 Å². The molecule has 3 nitrogen and oxygen atoms in total. The first-order valence-electron chi connectivity index (χ1n) is 6.34. The first-order chi connectivity index (χ1) is 8.79. The van der Waals surface area contributed by atoms with Gasteiger partial charge in [0.15, 0.2) is 0 Å². The Hall–Kier alpha value is -1.74. The van der Waals surface area contributed by atoms with Crippen LogP contribution in [0.1, 0.15) is 29.4 Å². The van der Waals surface area contributed by atoms with Gasteiger partial charge in [0.2, 0.25) is 0 Å². The van der Waals surface area contributed by atoms with E-state index in [1.165, 1.54) is 11.1 Å². The van der Waals surface area contributed by atoms with E-state index in [9.17, 15) is 0 Å².